The second kappa shape index (κ2) is 12.5. The summed E-state index contributed by atoms with van der Waals surface area (Å²) in [5.74, 6) is 1.55. The van der Waals surface area contributed by atoms with Crippen LogP contribution >= 0.6 is 0 Å². The van der Waals surface area contributed by atoms with E-state index in [4.69, 9.17) is 14.5 Å². The van der Waals surface area contributed by atoms with E-state index in [-0.39, 0.29) is 23.9 Å². The number of nitrogens with zero attached hydrogens (tertiary/aromatic N) is 4. The number of benzene rings is 4. The zero-order valence-corrected chi connectivity index (χ0v) is 25.3. The Kier molecular flexibility index (Phi) is 8.57. The molecule has 5 rings (SSSR count). The van der Waals surface area contributed by atoms with Crippen LogP contribution in [-0.4, -0.2) is 37.1 Å². The van der Waals surface area contributed by atoms with E-state index in [1.165, 1.54) is 10.7 Å². The minimum absolute atomic E-state index is 0.0378. The van der Waals surface area contributed by atoms with Crippen LogP contribution in [0.4, 0.5) is 10.1 Å². The van der Waals surface area contributed by atoms with Gasteiger partial charge in [-0.25, -0.2) is 9.37 Å². The fourth-order valence-electron chi connectivity index (χ4n) is 4.90. The molecule has 0 aliphatic rings. The Morgan fingerprint density at radius 2 is 1.74 bits per heavy atom. The SMILES string of the molecule is COc1cc(C)c(-c2nc3ccccc3c(=O)n2N=Cc2ccc(N(C)C)cc2OCc2ccccc2F)cc1C(C)C. The number of fused-ring (bicyclic) bond motifs is 1. The third-order valence-electron chi connectivity index (χ3n) is 7.36. The van der Waals surface area contributed by atoms with Crippen LogP contribution in [-0.2, 0) is 6.61 Å². The third kappa shape index (κ3) is 6.14. The van der Waals surface area contributed by atoms with Crippen LogP contribution in [0.5, 0.6) is 11.5 Å². The summed E-state index contributed by atoms with van der Waals surface area (Å²) in [6.07, 6.45) is 1.58. The highest BCUT2D eigenvalue weighted by atomic mass is 19.1. The van der Waals surface area contributed by atoms with Crippen LogP contribution in [0.25, 0.3) is 22.3 Å². The van der Waals surface area contributed by atoms with Crippen molar-refractivity contribution in [3.05, 3.63) is 117 Å². The average molecular weight is 579 g/mol. The van der Waals surface area contributed by atoms with Gasteiger partial charge < -0.3 is 14.4 Å². The largest absolute Gasteiger partial charge is 0.496 e. The van der Waals surface area contributed by atoms with E-state index in [0.717, 1.165) is 28.1 Å². The maximum Gasteiger partial charge on any atom is 0.282 e. The fourth-order valence-corrected chi connectivity index (χ4v) is 4.90. The number of aromatic nitrogens is 2. The predicted octanol–water partition coefficient (Wildman–Crippen LogP) is 7.17. The Labute approximate surface area is 250 Å². The molecule has 0 aliphatic carbocycles. The molecule has 220 valence electrons. The van der Waals surface area contributed by atoms with Gasteiger partial charge in [-0.05, 0) is 66.4 Å². The molecule has 0 saturated heterocycles. The van der Waals surface area contributed by atoms with Gasteiger partial charge in [-0.3, -0.25) is 4.79 Å². The molecule has 7 nitrogen and oxygen atoms in total. The molecule has 0 fully saturated rings. The van der Waals surface area contributed by atoms with Gasteiger partial charge in [0, 0.05) is 42.5 Å². The Bertz CT molecular complexity index is 1880. The molecule has 0 amide bonds. The number of methoxy groups -OCH3 is 1. The molecule has 0 atom stereocenters. The Hall–Kier alpha value is -4.98. The number of hydrogen-bond donors (Lipinski definition) is 0. The Morgan fingerprint density at radius 1 is 1.00 bits per heavy atom. The molecular weight excluding hydrogens is 543 g/mol. The molecule has 8 heteroatoms. The summed E-state index contributed by atoms with van der Waals surface area (Å²) in [7, 11) is 5.51. The van der Waals surface area contributed by atoms with E-state index < -0.39 is 0 Å². The lowest BCUT2D eigenvalue weighted by Crippen LogP contribution is -2.21. The Balaban J connectivity index is 1.65. The normalized spacial score (nSPS) is 11.4. The number of anilines is 1. The topological polar surface area (TPSA) is 69.0 Å². The van der Waals surface area contributed by atoms with Gasteiger partial charge in [0.2, 0.25) is 0 Å². The number of para-hydroxylation sites is 1. The first-order valence-electron chi connectivity index (χ1n) is 14.1. The molecular formula is C35H35FN4O3. The van der Waals surface area contributed by atoms with Crippen molar-refractivity contribution in [2.45, 2.75) is 33.3 Å². The summed E-state index contributed by atoms with van der Waals surface area (Å²) in [4.78, 5) is 20.7. The molecule has 0 unspecified atom stereocenters. The predicted molar refractivity (Wildman–Crippen MR) is 171 cm³/mol. The molecule has 43 heavy (non-hydrogen) atoms. The number of rotatable bonds is 9. The zero-order chi connectivity index (χ0) is 30.7. The van der Waals surface area contributed by atoms with Gasteiger partial charge in [0.15, 0.2) is 5.82 Å². The second-order valence-corrected chi connectivity index (χ2v) is 10.9. The van der Waals surface area contributed by atoms with Gasteiger partial charge in [-0.15, -0.1) is 0 Å². The van der Waals surface area contributed by atoms with Gasteiger partial charge >= 0.3 is 0 Å². The lowest BCUT2D eigenvalue weighted by atomic mass is 9.96. The molecule has 0 bridgehead atoms. The smallest absolute Gasteiger partial charge is 0.282 e. The first kappa shape index (κ1) is 29.5. The highest BCUT2D eigenvalue weighted by Gasteiger charge is 2.18. The Morgan fingerprint density at radius 3 is 2.47 bits per heavy atom. The van der Waals surface area contributed by atoms with Gasteiger partial charge in [0.05, 0.1) is 24.2 Å². The first-order chi connectivity index (χ1) is 20.7. The van der Waals surface area contributed by atoms with E-state index in [9.17, 15) is 9.18 Å². The van der Waals surface area contributed by atoms with Crippen LogP contribution in [0, 0.1) is 12.7 Å². The van der Waals surface area contributed by atoms with Crippen molar-refractivity contribution in [3.8, 4) is 22.9 Å². The molecule has 5 aromatic rings. The highest BCUT2D eigenvalue weighted by Crippen LogP contribution is 2.34. The van der Waals surface area contributed by atoms with Crippen molar-refractivity contribution in [1.82, 2.24) is 9.66 Å². The van der Waals surface area contributed by atoms with E-state index in [0.29, 0.717) is 33.6 Å². The van der Waals surface area contributed by atoms with E-state index >= 15 is 0 Å². The molecule has 4 aromatic carbocycles. The minimum atomic E-state index is -0.337. The van der Waals surface area contributed by atoms with Crippen molar-refractivity contribution in [1.29, 1.82) is 0 Å². The quantitative estimate of drug-likeness (QED) is 0.174. The molecule has 0 radical (unpaired) electrons. The van der Waals surface area contributed by atoms with Crippen molar-refractivity contribution in [2.24, 2.45) is 5.10 Å². The molecule has 1 heterocycles. The maximum atomic E-state index is 14.3. The molecule has 0 aliphatic heterocycles. The average Bonchev–Trinajstić information content (AvgIpc) is 3.00. The van der Waals surface area contributed by atoms with Gasteiger partial charge in [-0.1, -0.05) is 44.2 Å². The fraction of sp³-hybridized carbons (Fsp3) is 0.229. The zero-order valence-electron chi connectivity index (χ0n) is 25.3. The maximum absolute atomic E-state index is 14.3. The number of aryl methyl sites for hydroxylation is 1. The third-order valence-corrected chi connectivity index (χ3v) is 7.36. The standard InChI is InChI=1S/C35H35FN4O3/c1-22(2)28-19-29(23(3)17-33(28)42-6)34-38-31-14-10-8-12-27(31)35(41)40(34)37-20-24-15-16-26(39(4)5)18-32(24)43-21-25-11-7-9-13-30(25)36/h7-20,22H,21H2,1-6H3. The molecule has 1 aromatic heterocycles. The molecule has 0 saturated carbocycles. The second-order valence-electron chi connectivity index (χ2n) is 10.9. The van der Waals surface area contributed by atoms with Crippen molar-refractivity contribution < 1.29 is 13.9 Å². The summed E-state index contributed by atoms with van der Waals surface area (Å²) >= 11 is 0. The van der Waals surface area contributed by atoms with E-state index in [1.807, 2.05) is 74.4 Å². The van der Waals surface area contributed by atoms with Crippen LogP contribution in [0.2, 0.25) is 0 Å². The van der Waals surface area contributed by atoms with Crippen molar-refractivity contribution in [3.63, 3.8) is 0 Å². The number of ether oxygens (including phenoxy) is 2. The summed E-state index contributed by atoms with van der Waals surface area (Å²) < 4.78 is 27.4. The van der Waals surface area contributed by atoms with Gasteiger partial charge in [0.1, 0.15) is 23.9 Å². The highest BCUT2D eigenvalue weighted by molar-refractivity contribution is 5.85. The molecule has 0 N–H and O–H groups in total. The summed E-state index contributed by atoms with van der Waals surface area (Å²) in [6, 6.07) is 23.4. The van der Waals surface area contributed by atoms with Crippen molar-refractivity contribution >= 4 is 22.8 Å². The van der Waals surface area contributed by atoms with E-state index in [1.54, 1.807) is 37.6 Å². The summed E-state index contributed by atoms with van der Waals surface area (Å²) in [6.45, 7) is 6.19. The van der Waals surface area contributed by atoms with Crippen LogP contribution in [0.15, 0.2) is 88.8 Å². The lowest BCUT2D eigenvalue weighted by molar-refractivity contribution is 0.299. The minimum Gasteiger partial charge on any atom is -0.496 e. The van der Waals surface area contributed by atoms with Gasteiger partial charge in [0.25, 0.3) is 5.56 Å². The van der Waals surface area contributed by atoms with Crippen LogP contribution in [0.1, 0.15) is 42.0 Å². The van der Waals surface area contributed by atoms with E-state index in [2.05, 4.69) is 18.9 Å². The summed E-state index contributed by atoms with van der Waals surface area (Å²) in [5.41, 5.74) is 4.94. The van der Waals surface area contributed by atoms with Gasteiger partial charge in [-0.2, -0.15) is 9.78 Å². The number of halogens is 1. The lowest BCUT2D eigenvalue weighted by Gasteiger charge is -2.18. The van der Waals surface area contributed by atoms with Crippen LogP contribution in [0.3, 0.4) is 0 Å². The number of hydrogen-bond acceptors (Lipinski definition) is 6. The summed E-state index contributed by atoms with van der Waals surface area (Å²) in [5, 5.41) is 5.14. The monoisotopic (exact) mass is 578 g/mol. The first-order valence-corrected chi connectivity index (χ1v) is 14.1. The van der Waals surface area contributed by atoms with Crippen LogP contribution < -0.4 is 19.9 Å². The van der Waals surface area contributed by atoms with Crippen molar-refractivity contribution in [2.75, 3.05) is 26.1 Å². The molecule has 0 spiro atoms.